The van der Waals surface area contributed by atoms with Crippen LogP contribution in [0.4, 0.5) is 5.69 Å². The Morgan fingerprint density at radius 1 is 1.22 bits per heavy atom. The minimum Gasteiger partial charge on any atom is -0.383 e. The molecule has 0 saturated carbocycles. The van der Waals surface area contributed by atoms with Crippen LogP contribution in [0.2, 0.25) is 10.0 Å². The number of hydrogen-bond acceptors (Lipinski definition) is 3. The zero-order valence-corrected chi connectivity index (χ0v) is 14.1. The van der Waals surface area contributed by atoms with Crippen molar-refractivity contribution in [3.63, 3.8) is 0 Å². The summed E-state index contributed by atoms with van der Waals surface area (Å²) in [6.45, 7) is 0.900. The molecule has 0 radical (unpaired) electrons. The van der Waals surface area contributed by atoms with Crippen molar-refractivity contribution in [3.05, 3.63) is 63.6 Å². The number of benzene rings is 2. The number of rotatable bonds is 4. The number of halogens is 2. The Hall–Kier alpha value is -1.75. The fourth-order valence-corrected chi connectivity index (χ4v) is 3.19. The van der Waals surface area contributed by atoms with Crippen molar-refractivity contribution in [2.75, 3.05) is 25.6 Å². The van der Waals surface area contributed by atoms with Crippen LogP contribution in [0.15, 0.2) is 42.5 Å². The second-order valence-corrected chi connectivity index (χ2v) is 6.09. The van der Waals surface area contributed by atoms with Gasteiger partial charge in [-0.2, -0.15) is 0 Å². The van der Waals surface area contributed by atoms with E-state index >= 15 is 0 Å². The lowest BCUT2D eigenvalue weighted by Crippen LogP contribution is -2.44. The van der Waals surface area contributed by atoms with Crippen molar-refractivity contribution in [2.24, 2.45) is 0 Å². The average Bonchev–Trinajstić information content (AvgIpc) is 2.54. The molecule has 0 saturated heterocycles. The molecular weight excluding hydrogens is 335 g/mol. The first-order valence-electron chi connectivity index (χ1n) is 7.22. The van der Waals surface area contributed by atoms with E-state index in [1.165, 1.54) is 0 Å². The smallest absolute Gasteiger partial charge is 0.257 e. The third kappa shape index (κ3) is 3.15. The Morgan fingerprint density at radius 3 is 2.74 bits per heavy atom. The summed E-state index contributed by atoms with van der Waals surface area (Å²) in [6, 6.07) is 12.7. The van der Waals surface area contributed by atoms with Gasteiger partial charge in [0.15, 0.2) is 0 Å². The quantitative estimate of drug-likeness (QED) is 0.897. The van der Waals surface area contributed by atoms with E-state index < -0.39 is 0 Å². The maximum atomic E-state index is 12.8. The number of nitrogens with one attached hydrogen (secondary N) is 1. The maximum Gasteiger partial charge on any atom is 0.257 e. The molecule has 23 heavy (non-hydrogen) atoms. The largest absolute Gasteiger partial charge is 0.383 e. The number of ether oxygens (including phenoxy) is 1. The number of anilines is 1. The monoisotopic (exact) mass is 350 g/mol. The molecule has 0 aliphatic carbocycles. The maximum absolute atomic E-state index is 12.8. The lowest BCUT2D eigenvalue weighted by Gasteiger charge is -2.38. The van der Waals surface area contributed by atoms with E-state index in [1.54, 1.807) is 24.1 Å². The van der Waals surface area contributed by atoms with Crippen molar-refractivity contribution in [1.82, 2.24) is 4.90 Å². The molecule has 0 aromatic heterocycles. The number of carbonyl (C=O) groups excluding carboxylic acids is 1. The molecular formula is C17H16Cl2N2O2. The predicted octanol–water partition coefficient (Wildman–Crippen LogP) is 4.21. The van der Waals surface area contributed by atoms with Crippen molar-refractivity contribution in [2.45, 2.75) is 6.17 Å². The molecule has 1 unspecified atom stereocenters. The predicted molar refractivity (Wildman–Crippen MR) is 92.2 cm³/mol. The number of amides is 1. The molecule has 2 aromatic rings. The van der Waals surface area contributed by atoms with E-state index in [9.17, 15) is 4.79 Å². The molecule has 1 aliphatic heterocycles. The molecule has 1 heterocycles. The molecule has 1 atom stereocenters. The second kappa shape index (κ2) is 6.79. The summed E-state index contributed by atoms with van der Waals surface area (Å²) < 4.78 is 5.14. The fraction of sp³-hybridized carbons (Fsp3) is 0.235. The highest BCUT2D eigenvalue weighted by molar-refractivity contribution is 6.35. The zero-order chi connectivity index (χ0) is 16.4. The minimum atomic E-state index is -0.364. The molecule has 1 aliphatic rings. The van der Waals surface area contributed by atoms with Gasteiger partial charge in [-0.25, -0.2) is 0 Å². The molecule has 1 amide bonds. The third-order valence-corrected chi connectivity index (χ3v) is 4.38. The molecule has 4 nitrogen and oxygen atoms in total. The van der Waals surface area contributed by atoms with Crippen LogP contribution < -0.4 is 5.32 Å². The summed E-state index contributed by atoms with van der Waals surface area (Å²) in [6.07, 6.45) is -0.364. The Labute approximate surface area is 144 Å². The highest BCUT2D eigenvalue weighted by Crippen LogP contribution is 2.36. The Bertz CT molecular complexity index is 736. The van der Waals surface area contributed by atoms with E-state index in [2.05, 4.69) is 5.32 Å². The topological polar surface area (TPSA) is 41.6 Å². The third-order valence-electron chi connectivity index (χ3n) is 3.82. The first kappa shape index (κ1) is 16.1. The molecule has 2 aromatic carbocycles. The lowest BCUT2D eigenvalue weighted by molar-refractivity contribution is 0.0609. The van der Waals surface area contributed by atoms with Gasteiger partial charge in [0.1, 0.15) is 6.17 Å². The SMILES string of the molecule is COCCN1C(=O)c2ccccc2NC1c1ccc(Cl)cc1Cl. The number of fused-ring (bicyclic) bond motifs is 1. The van der Waals surface area contributed by atoms with Crippen molar-refractivity contribution in [1.29, 1.82) is 0 Å². The summed E-state index contributed by atoms with van der Waals surface area (Å²) in [5, 5.41) is 4.46. The molecule has 0 bridgehead atoms. The Kier molecular flexibility index (Phi) is 4.76. The normalized spacial score (nSPS) is 16.9. The molecule has 3 rings (SSSR count). The van der Waals surface area contributed by atoms with Crippen molar-refractivity contribution < 1.29 is 9.53 Å². The summed E-state index contributed by atoms with van der Waals surface area (Å²) in [4.78, 5) is 14.6. The number of nitrogens with zero attached hydrogens (tertiary/aromatic N) is 1. The van der Waals surface area contributed by atoms with E-state index in [1.807, 2.05) is 30.3 Å². The molecule has 120 valence electrons. The first-order valence-corrected chi connectivity index (χ1v) is 7.98. The van der Waals surface area contributed by atoms with E-state index in [0.29, 0.717) is 28.8 Å². The Balaban J connectivity index is 2.04. The lowest BCUT2D eigenvalue weighted by atomic mass is 10.0. The first-order chi connectivity index (χ1) is 11.1. The van der Waals surface area contributed by atoms with Gasteiger partial charge in [0.05, 0.1) is 12.2 Å². The summed E-state index contributed by atoms with van der Waals surface area (Å²) in [7, 11) is 1.61. The van der Waals surface area contributed by atoms with Gasteiger partial charge in [0.2, 0.25) is 0 Å². The summed E-state index contributed by atoms with van der Waals surface area (Å²) in [5.41, 5.74) is 2.24. The van der Waals surface area contributed by atoms with Crippen LogP contribution >= 0.6 is 23.2 Å². The highest BCUT2D eigenvalue weighted by Gasteiger charge is 2.33. The van der Waals surface area contributed by atoms with Gasteiger partial charge in [-0.15, -0.1) is 0 Å². The van der Waals surface area contributed by atoms with Crippen LogP contribution in [-0.2, 0) is 4.74 Å². The van der Waals surface area contributed by atoms with Crippen LogP contribution in [0, 0.1) is 0 Å². The Morgan fingerprint density at radius 2 is 2.00 bits per heavy atom. The average molecular weight is 351 g/mol. The van der Waals surface area contributed by atoms with Crippen LogP contribution in [0.1, 0.15) is 22.1 Å². The second-order valence-electron chi connectivity index (χ2n) is 5.25. The van der Waals surface area contributed by atoms with Crippen LogP contribution in [0.25, 0.3) is 0 Å². The highest BCUT2D eigenvalue weighted by atomic mass is 35.5. The number of hydrogen-bond donors (Lipinski definition) is 1. The molecule has 0 fully saturated rings. The van der Waals surface area contributed by atoms with Crippen LogP contribution in [0.5, 0.6) is 0 Å². The number of carbonyl (C=O) groups is 1. The van der Waals surface area contributed by atoms with Gasteiger partial charge in [-0.3, -0.25) is 4.79 Å². The number of methoxy groups -OCH3 is 1. The minimum absolute atomic E-state index is 0.0487. The number of para-hydroxylation sites is 1. The van der Waals surface area contributed by atoms with E-state index in [4.69, 9.17) is 27.9 Å². The van der Waals surface area contributed by atoms with Gasteiger partial charge in [0.25, 0.3) is 5.91 Å². The summed E-state index contributed by atoms with van der Waals surface area (Å²) >= 11 is 12.3. The van der Waals surface area contributed by atoms with Crippen molar-refractivity contribution in [3.8, 4) is 0 Å². The molecule has 1 N–H and O–H groups in total. The van der Waals surface area contributed by atoms with Crippen molar-refractivity contribution >= 4 is 34.8 Å². The molecule has 0 spiro atoms. The fourth-order valence-electron chi connectivity index (χ4n) is 2.68. The molecule has 6 heteroatoms. The standard InChI is InChI=1S/C17H16Cl2N2O2/c1-23-9-8-21-16(12-7-6-11(18)10-14(12)19)20-15-5-3-2-4-13(15)17(21)22/h2-7,10,16,20H,8-9H2,1H3. The van der Waals surface area contributed by atoms with Crippen LogP contribution in [-0.4, -0.2) is 31.1 Å². The van der Waals surface area contributed by atoms with Crippen LogP contribution in [0.3, 0.4) is 0 Å². The van der Waals surface area contributed by atoms with Gasteiger partial charge >= 0.3 is 0 Å². The van der Waals surface area contributed by atoms with E-state index in [0.717, 1.165) is 11.3 Å². The van der Waals surface area contributed by atoms with Gasteiger partial charge in [-0.1, -0.05) is 41.4 Å². The van der Waals surface area contributed by atoms with Gasteiger partial charge < -0.3 is 15.0 Å². The van der Waals surface area contributed by atoms with E-state index in [-0.39, 0.29) is 12.1 Å². The van der Waals surface area contributed by atoms with Gasteiger partial charge in [-0.05, 0) is 24.3 Å². The summed E-state index contributed by atoms with van der Waals surface area (Å²) in [5.74, 6) is -0.0487. The zero-order valence-electron chi connectivity index (χ0n) is 12.6. The van der Waals surface area contributed by atoms with Gasteiger partial charge in [0, 0.05) is 35.0 Å².